The van der Waals surface area contributed by atoms with Crippen molar-refractivity contribution in [3.05, 3.63) is 53.2 Å². The van der Waals surface area contributed by atoms with Crippen LogP contribution in [0.4, 0.5) is 5.69 Å². The number of hydrogen-bond acceptors (Lipinski definition) is 5. The summed E-state index contributed by atoms with van der Waals surface area (Å²) < 4.78 is 0. The highest BCUT2D eigenvalue weighted by atomic mass is 32.2. The average molecular weight is 323 g/mol. The first-order chi connectivity index (χ1) is 11.3. The minimum Gasteiger partial charge on any atom is -0.324 e. The lowest BCUT2D eigenvalue weighted by Gasteiger charge is -2.26. The predicted octanol–water partition coefficient (Wildman–Crippen LogP) is 3.41. The molecule has 0 bridgehead atoms. The Morgan fingerprint density at radius 1 is 1.26 bits per heavy atom. The molecule has 0 amide bonds. The third kappa shape index (κ3) is 2.55. The summed E-state index contributed by atoms with van der Waals surface area (Å²) in [5.41, 5.74) is 4.89. The van der Waals surface area contributed by atoms with Gasteiger partial charge in [0.15, 0.2) is 5.17 Å². The van der Waals surface area contributed by atoms with E-state index in [1.807, 2.05) is 19.2 Å². The SMILES string of the molecule is CN(C1=NC(C=O)c2cccnc2S1)c1ccc2c(c1)CCC2. The Bertz CT molecular complexity index is 803. The lowest BCUT2D eigenvalue weighted by molar-refractivity contribution is -0.109. The van der Waals surface area contributed by atoms with Gasteiger partial charge in [0.2, 0.25) is 0 Å². The number of thioether (sulfide) groups is 1. The van der Waals surface area contributed by atoms with E-state index in [4.69, 9.17) is 0 Å². The van der Waals surface area contributed by atoms with E-state index in [2.05, 4.69) is 33.1 Å². The summed E-state index contributed by atoms with van der Waals surface area (Å²) >= 11 is 1.52. The van der Waals surface area contributed by atoms with Crippen LogP contribution < -0.4 is 4.90 Å². The fourth-order valence-corrected chi connectivity index (χ4v) is 4.15. The summed E-state index contributed by atoms with van der Waals surface area (Å²) in [6.07, 6.45) is 6.21. The highest BCUT2D eigenvalue weighted by Crippen LogP contribution is 2.36. The molecule has 0 saturated carbocycles. The molecule has 0 fully saturated rings. The molecule has 0 spiro atoms. The number of fused-ring (bicyclic) bond motifs is 2. The number of amidine groups is 1. The van der Waals surface area contributed by atoms with E-state index in [1.54, 1.807) is 6.20 Å². The molecule has 4 nitrogen and oxygen atoms in total. The normalized spacial score (nSPS) is 18.8. The fraction of sp³-hybridized carbons (Fsp3) is 0.278. The number of aromatic nitrogens is 1. The molecule has 1 aliphatic carbocycles. The highest BCUT2D eigenvalue weighted by Gasteiger charge is 2.25. The monoisotopic (exact) mass is 323 g/mol. The molecule has 1 aliphatic heterocycles. The van der Waals surface area contributed by atoms with Gasteiger partial charge < -0.3 is 9.69 Å². The van der Waals surface area contributed by atoms with Crippen molar-refractivity contribution in [2.45, 2.75) is 30.3 Å². The van der Waals surface area contributed by atoms with Crippen LogP contribution in [-0.2, 0) is 17.6 Å². The number of hydrogen-bond donors (Lipinski definition) is 0. The van der Waals surface area contributed by atoms with E-state index < -0.39 is 6.04 Å². The highest BCUT2D eigenvalue weighted by molar-refractivity contribution is 8.14. The molecule has 2 aliphatic rings. The zero-order valence-electron chi connectivity index (χ0n) is 12.9. The Kier molecular flexibility index (Phi) is 3.65. The first-order valence-electron chi connectivity index (χ1n) is 7.77. The van der Waals surface area contributed by atoms with Gasteiger partial charge in [-0.25, -0.2) is 9.98 Å². The van der Waals surface area contributed by atoms with E-state index in [0.29, 0.717) is 0 Å². The van der Waals surface area contributed by atoms with Gasteiger partial charge in [-0.2, -0.15) is 0 Å². The summed E-state index contributed by atoms with van der Waals surface area (Å²) in [5.74, 6) is 0. The zero-order chi connectivity index (χ0) is 15.8. The van der Waals surface area contributed by atoms with Gasteiger partial charge in [-0.1, -0.05) is 12.1 Å². The third-order valence-electron chi connectivity index (χ3n) is 4.44. The van der Waals surface area contributed by atoms with Gasteiger partial charge in [0, 0.05) is 24.5 Å². The summed E-state index contributed by atoms with van der Waals surface area (Å²) in [6, 6.07) is 9.90. The molecular formula is C18H17N3OS. The first kappa shape index (κ1) is 14.5. The van der Waals surface area contributed by atoms with Crippen LogP contribution in [0.3, 0.4) is 0 Å². The van der Waals surface area contributed by atoms with Crippen molar-refractivity contribution in [3.8, 4) is 0 Å². The molecule has 1 aromatic carbocycles. The molecule has 23 heavy (non-hydrogen) atoms. The molecule has 116 valence electrons. The zero-order valence-corrected chi connectivity index (χ0v) is 13.7. The van der Waals surface area contributed by atoms with E-state index in [9.17, 15) is 4.79 Å². The summed E-state index contributed by atoms with van der Waals surface area (Å²) in [6.45, 7) is 0. The lowest BCUT2D eigenvalue weighted by atomic mass is 10.1. The molecule has 0 radical (unpaired) electrons. The van der Waals surface area contributed by atoms with Crippen LogP contribution in [0.25, 0.3) is 0 Å². The molecule has 2 heterocycles. The summed E-state index contributed by atoms with van der Waals surface area (Å²) in [7, 11) is 2.00. The van der Waals surface area contributed by atoms with E-state index in [0.717, 1.165) is 34.2 Å². The second-order valence-electron chi connectivity index (χ2n) is 5.86. The number of carbonyl (C=O) groups excluding carboxylic acids is 1. The number of anilines is 1. The smallest absolute Gasteiger partial charge is 0.170 e. The number of aldehydes is 1. The standard InChI is InChI=1S/C18H17N3OS/c1-21(14-8-7-12-4-2-5-13(12)10-14)18-20-16(11-22)15-6-3-9-19-17(15)23-18/h3,6-11,16H,2,4-5H2,1H3. The molecule has 2 aromatic rings. The van der Waals surface area contributed by atoms with Crippen molar-refractivity contribution in [1.29, 1.82) is 0 Å². The van der Waals surface area contributed by atoms with Crippen LogP contribution in [-0.4, -0.2) is 23.5 Å². The minimum absolute atomic E-state index is 0.466. The first-order valence-corrected chi connectivity index (χ1v) is 8.59. The van der Waals surface area contributed by atoms with Crippen LogP contribution in [0.5, 0.6) is 0 Å². The van der Waals surface area contributed by atoms with Gasteiger partial charge in [0.1, 0.15) is 17.4 Å². The molecule has 0 saturated heterocycles. The second-order valence-corrected chi connectivity index (χ2v) is 6.81. The van der Waals surface area contributed by atoms with Gasteiger partial charge in [0.05, 0.1) is 0 Å². The quantitative estimate of drug-likeness (QED) is 0.795. The van der Waals surface area contributed by atoms with Crippen molar-refractivity contribution in [2.75, 3.05) is 11.9 Å². The van der Waals surface area contributed by atoms with Crippen molar-refractivity contribution < 1.29 is 4.79 Å². The van der Waals surface area contributed by atoms with Crippen molar-refractivity contribution in [3.63, 3.8) is 0 Å². The summed E-state index contributed by atoms with van der Waals surface area (Å²) in [5, 5.41) is 1.67. The molecule has 1 atom stereocenters. The van der Waals surface area contributed by atoms with Gasteiger partial charge >= 0.3 is 0 Å². The van der Waals surface area contributed by atoms with Crippen LogP contribution >= 0.6 is 11.8 Å². The van der Waals surface area contributed by atoms with Crippen LogP contribution in [0, 0.1) is 0 Å². The van der Waals surface area contributed by atoms with Crippen LogP contribution in [0.15, 0.2) is 46.5 Å². The van der Waals surface area contributed by atoms with Gasteiger partial charge in [-0.05, 0) is 60.4 Å². The predicted molar refractivity (Wildman–Crippen MR) is 93.2 cm³/mol. The van der Waals surface area contributed by atoms with Gasteiger partial charge in [0.25, 0.3) is 0 Å². The number of aryl methyl sites for hydroxylation is 2. The Morgan fingerprint density at radius 2 is 2.13 bits per heavy atom. The number of pyridine rings is 1. The maximum absolute atomic E-state index is 11.4. The fourth-order valence-electron chi connectivity index (χ4n) is 3.15. The van der Waals surface area contributed by atoms with Crippen LogP contribution in [0.2, 0.25) is 0 Å². The molecule has 1 aromatic heterocycles. The number of rotatable bonds is 2. The third-order valence-corrected chi connectivity index (χ3v) is 5.54. The average Bonchev–Trinajstić information content (AvgIpc) is 3.07. The van der Waals surface area contributed by atoms with E-state index in [1.165, 1.54) is 35.7 Å². The van der Waals surface area contributed by atoms with Crippen molar-refractivity contribution in [2.24, 2.45) is 4.99 Å². The maximum Gasteiger partial charge on any atom is 0.170 e. The van der Waals surface area contributed by atoms with Crippen molar-refractivity contribution >= 4 is 28.9 Å². The Balaban J connectivity index is 1.68. The number of aliphatic imine (C=N–C) groups is 1. The molecule has 0 N–H and O–H groups in total. The molecular weight excluding hydrogens is 306 g/mol. The molecule has 4 rings (SSSR count). The Hall–Kier alpha value is -2.14. The Labute approximate surface area is 139 Å². The number of nitrogens with zero attached hydrogens (tertiary/aromatic N) is 3. The Morgan fingerprint density at radius 3 is 3.00 bits per heavy atom. The molecule has 5 heteroatoms. The topological polar surface area (TPSA) is 45.6 Å². The van der Waals surface area contributed by atoms with Gasteiger partial charge in [-0.3, -0.25) is 0 Å². The van der Waals surface area contributed by atoms with E-state index >= 15 is 0 Å². The summed E-state index contributed by atoms with van der Waals surface area (Å²) in [4.78, 5) is 22.5. The van der Waals surface area contributed by atoms with E-state index in [-0.39, 0.29) is 0 Å². The minimum atomic E-state index is -0.466. The largest absolute Gasteiger partial charge is 0.324 e. The second kappa shape index (κ2) is 5.81. The van der Waals surface area contributed by atoms with Crippen molar-refractivity contribution in [1.82, 2.24) is 4.98 Å². The number of carbonyl (C=O) groups is 1. The molecule has 1 unspecified atom stereocenters. The number of benzene rings is 1. The van der Waals surface area contributed by atoms with Gasteiger partial charge in [-0.15, -0.1) is 0 Å². The maximum atomic E-state index is 11.4. The van der Waals surface area contributed by atoms with Crippen LogP contribution in [0.1, 0.15) is 29.2 Å². The lowest BCUT2D eigenvalue weighted by Crippen LogP contribution is -2.27.